The number of hydrogen-bond donors (Lipinski definition) is 1. The predicted molar refractivity (Wildman–Crippen MR) is 52.3 cm³/mol. The van der Waals surface area contributed by atoms with E-state index in [2.05, 4.69) is 11.9 Å². The molecule has 1 amide bonds. The zero-order chi connectivity index (χ0) is 10.3. The third kappa shape index (κ3) is 7.25. The van der Waals surface area contributed by atoms with Gasteiger partial charge in [0.1, 0.15) is 5.78 Å². The molecule has 1 N–H and O–H groups in total. The highest BCUT2D eigenvalue weighted by Gasteiger charge is 2.06. The molecule has 0 heterocycles. The van der Waals surface area contributed by atoms with Crippen LogP contribution in [0, 0.1) is 0 Å². The molecule has 0 bridgehead atoms. The zero-order valence-electron chi connectivity index (χ0n) is 8.30. The van der Waals surface area contributed by atoms with Crippen LogP contribution in [0.3, 0.4) is 0 Å². The van der Waals surface area contributed by atoms with Gasteiger partial charge in [0.15, 0.2) is 0 Å². The van der Waals surface area contributed by atoms with Crippen LogP contribution in [0.2, 0.25) is 0 Å². The van der Waals surface area contributed by atoms with E-state index in [9.17, 15) is 9.59 Å². The average Bonchev–Trinajstić information content (AvgIpc) is 2.01. The molecule has 3 heteroatoms. The summed E-state index contributed by atoms with van der Waals surface area (Å²) in [4.78, 5) is 21.7. The standard InChI is InChI=1S/C10H17NO2/c1-4-5-8(2)11-10(13)7-6-9(3)12/h4,8H,1,5-7H2,2-3H3,(H,11,13). The Balaban J connectivity index is 3.61. The van der Waals surface area contributed by atoms with Gasteiger partial charge in [-0.3, -0.25) is 4.79 Å². The molecule has 0 aromatic heterocycles. The van der Waals surface area contributed by atoms with Crippen molar-refractivity contribution in [2.75, 3.05) is 0 Å². The smallest absolute Gasteiger partial charge is 0.220 e. The molecule has 13 heavy (non-hydrogen) atoms. The van der Waals surface area contributed by atoms with E-state index in [0.717, 1.165) is 6.42 Å². The number of amides is 1. The average molecular weight is 183 g/mol. The van der Waals surface area contributed by atoms with Gasteiger partial charge in [0, 0.05) is 18.9 Å². The Labute approximate surface area is 79.2 Å². The number of ketones is 1. The lowest BCUT2D eigenvalue weighted by Gasteiger charge is -2.10. The van der Waals surface area contributed by atoms with E-state index in [1.54, 1.807) is 6.08 Å². The van der Waals surface area contributed by atoms with Crippen LogP contribution in [0.25, 0.3) is 0 Å². The first kappa shape index (κ1) is 11.9. The maximum atomic E-state index is 11.1. The number of hydrogen-bond acceptors (Lipinski definition) is 2. The molecule has 0 spiro atoms. The molecule has 0 saturated carbocycles. The van der Waals surface area contributed by atoms with Crippen molar-refractivity contribution in [1.82, 2.24) is 5.32 Å². The zero-order valence-corrected chi connectivity index (χ0v) is 8.30. The second kappa shape index (κ2) is 6.40. The molecular formula is C10H17NO2. The number of Topliss-reactive ketones (excluding diaryl/α,β-unsaturated/α-hetero) is 1. The second-order valence-electron chi connectivity index (χ2n) is 3.19. The third-order valence-electron chi connectivity index (χ3n) is 1.63. The van der Waals surface area contributed by atoms with Crippen LogP contribution in [-0.2, 0) is 9.59 Å². The molecule has 0 rings (SSSR count). The van der Waals surface area contributed by atoms with Crippen molar-refractivity contribution in [1.29, 1.82) is 0 Å². The molecule has 74 valence electrons. The van der Waals surface area contributed by atoms with Gasteiger partial charge in [-0.15, -0.1) is 6.58 Å². The van der Waals surface area contributed by atoms with Gasteiger partial charge in [0.2, 0.25) is 5.91 Å². The fourth-order valence-corrected chi connectivity index (χ4v) is 0.945. The maximum Gasteiger partial charge on any atom is 0.220 e. The first-order valence-corrected chi connectivity index (χ1v) is 4.46. The highest BCUT2D eigenvalue weighted by molar-refractivity contribution is 5.83. The normalized spacial score (nSPS) is 11.8. The Morgan fingerprint density at radius 3 is 2.54 bits per heavy atom. The quantitative estimate of drug-likeness (QED) is 0.633. The molecule has 0 aliphatic heterocycles. The summed E-state index contributed by atoms with van der Waals surface area (Å²) in [6.07, 6.45) is 3.13. The van der Waals surface area contributed by atoms with Crippen LogP contribution in [0.5, 0.6) is 0 Å². The SMILES string of the molecule is C=CCC(C)NC(=O)CCC(C)=O. The highest BCUT2D eigenvalue weighted by atomic mass is 16.2. The number of nitrogens with one attached hydrogen (secondary N) is 1. The lowest BCUT2D eigenvalue weighted by Crippen LogP contribution is -2.32. The van der Waals surface area contributed by atoms with Gasteiger partial charge in [-0.2, -0.15) is 0 Å². The molecule has 0 saturated heterocycles. The summed E-state index contributed by atoms with van der Waals surface area (Å²) in [6, 6.07) is 0.108. The van der Waals surface area contributed by atoms with Gasteiger partial charge in [-0.05, 0) is 20.3 Å². The molecule has 0 aliphatic carbocycles. The lowest BCUT2D eigenvalue weighted by atomic mass is 10.2. The molecule has 1 unspecified atom stereocenters. The largest absolute Gasteiger partial charge is 0.353 e. The molecule has 0 aliphatic rings. The lowest BCUT2D eigenvalue weighted by molar-refractivity contribution is -0.125. The monoisotopic (exact) mass is 183 g/mol. The van der Waals surface area contributed by atoms with Gasteiger partial charge in [-0.25, -0.2) is 0 Å². The molecule has 0 fully saturated rings. The summed E-state index contributed by atoms with van der Waals surface area (Å²) >= 11 is 0. The van der Waals surface area contributed by atoms with Crippen molar-refractivity contribution in [2.24, 2.45) is 0 Å². The number of carbonyl (C=O) groups is 2. The van der Waals surface area contributed by atoms with Crippen LogP contribution in [-0.4, -0.2) is 17.7 Å². The van der Waals surface area contributed by atoms with E-state index < -0.39 is 0 Å². The Kier molecular flexibility index (Phi) is 5.85. The van der Waals surface area contributed by atoms with Gasteiger partial charge in [-0.1, -0.05) is 6.08 Å². The van der Waals surface area contributed by atoms with E-state index in [0.29, 0.717) is 6.42 Å². The van der Waals surface area contributed by atoms with Gasteiger partial charge >= 0.3 is 0 Å². The fourth-order valence-electron chi connectivity index (χ4n) is 0.945. The van der Waals surface area contributed by atoms with E-state index in [-0.39, 0.29) is 24.2 Å². The van der Waals surface area contributed by atoms with Crippen molar-refractivity contribution in [2.45, 2.75) is 39.2 Å². The highest BCUT2D eigenvalue weighted by Crippen LogP contribution is 1.94. The van der Waals surface area contributed by atoms with Crippen molar-refractivity contribution < 1.29 is 9.59 Å². The predicted octanol–water partition coefficient (Wildman–Crippen LogP) is 1.44. The molecule has 1 atom stereocenters. The first-order chi connectivity index (χ1) is 6.06. The summed E-state index contributed by atoms with van der Waals surface area (Å²) in [5.41, 5.74) is 0. The van der Waals surface area contributed by atoms with E-state index in [1.165, 1.54) is 6.92 Å². The minimum absolute atomic E-state index is 0.0477. The summed E-state index contributed by atoms with van der Waals surface area (Å²) in [5.74, 6) is -0.0175. The summed E-state index contributed by atoms with van der Waals surface area (Å²) in [6.45, 7) is 6.97. The van der Waals surface area contributed by atoms with Crippen molar-refractivity contribution in [3.8, 4) is 0 Å². The Morgan fingerprint density at radius 2 is 2.08 bits per heavy atom. The van der Waals surface area contributed by atoms with Gasteiger partial charge in [0.25, 0.3) is 0 Å². The van der Waals surface area contributed by atoms with E-state index in [1.807, 2.05) is 6.92 Å². The number of rotatable bonds is 6. The fraction of sp³-hybridized carbons (Fsp3) is 0.600. The Bertz CT molecular complexity index is 199. The minimum Gasteiger partial charge on any atom is -0.353 e. The summed E-state index contributed by atoms with van der Waals surface area (Å²) in [5, 5.41) is 2.77. The van der Waals surface area contributed by atoms with Crippen LogP contribution in [0.15, 0.2) is 12.7 Å². The van der Waals surface area contributed by atoms with Gasteiger partial charge in [0.05, 0.1) is 0 Å². The molecule has 0 radical (unpaired) electrons. The van der Waals surface area contributed by atoms with Crippen molar-refractivity contribution in [3.05, 3.63) is 12.7 Å². The topological polar surface area (TPSA) is 46.2 Å². The second-order valence-corrected chi connectivity index (χ2v) is 3.19. The van der Waals surface area contributed by atoms with Gasteiger partial charge < -0.3 is 10.1 Å². The summed E-state index contributed by atoms with van der Waals surface area (Å²) in [7, 11) is 0. The van der Waals surface area contributed by atoms with Crippen LogP contribution >= 0.6 is 0 Å². The molecular weight excluding hydrogens is 166 g/mol. The molecule has 3 nitrogen and oxygen atoms in total. The number of carbonyl (C=O) groups excluding carboxylic acids is 2. The first-order valence-electron chi connectivity index (χ1n) is 4.46. The third-order valence-corrected chi connectivity index (χ3v) is 1.63. The molecule has 0 aromatic carbocycles. The maximum absolute atomic E-state index is 11.1. The van der Waals surface area contributed by atoms with E-state index in [4.69, 9.17) is 0 Å². The minimum atomic E-state index is -0.0652. The van der Waals surface area contributed by atoms with Crippen LogP contribution in [0.4, 0.5) is 0 Å². The van der Waals surface area contributed by atoms with Crippen molar-refractivity contribution in [3.63, 3.8) is 0 Å². The van der Waals surface area contributed by atoms with E-state index >= 15 is 0 Å². The molecule has 0 aromatic rings. The van der Waals surface area contributed by atoms with Crippen LogP contribution in [0.1, 0.15) is 33.1 Å². The summed E-state index contributed by atoms with van der Waals surface area (Å²) < 4.78 is 0. The van der Waals surface area contributed by atoms with Crippen molar-refractivity contribution >= 4 is 11.7 Å². The Morgan fingerprint density at radius 1 is 1.46 bits per heavy atom. The Hall–Kier alpha value is -1.12. The van der Waals surface area contributed by atoms with Crippen LogP contribution < -0.4 is 5.32 Å².